The highest BCUT2D eigenvalue weighted by Gasteiger charge is 2.39. The predicted molar refractivity (Wildman–Crippen MR) is 135 cm³/mol. The normalized spacial score (nSPS) is 20.1. The minimum Gasteiger partial charge on any atom is -0.493 e. The van der Waals surface area contributed by atoms with Gasteiger partial charge in [0.15, 0.2) is 11.5 Å². The number of carbonyl (C=O) groups excluding carboxylic acids is 1. The van der Waals surface area contributed by atoms with Crippen molar-refractivity contribution in [3.63, 3.8) is 0 Å². The monoisotopic (exact) mass is 454 g/mol. The first-order valence-corrected chi connectivity index (χ1v) is 11.8. The fraction of sp³-hybridized carbons (Fsp3) is 0.276. The minimum atomic E-state index is -0.0493. The summed E-state index contributed by atoms with van der Waals surface area (Å²) in [5, 5.41) is 6.85. The van der Waals surface area contributed by atoms with E-state index in [1.54, 1.807) is 14.2 Å². The van der Waals surface area contributed by atoms with Crippen LogP contribution >= 0.6 is 0 Å². The Bertz CT molecular complexity index is 1210. The highest BCUT2D eigenvalue weighted by atomic mass is 16.5. The standard InChI is InChI=1S/C29H30N2O3/c1-33-25-15-14-20(18-26(25)34-2)27-22-11-6-10-21(22)23-12-7-13-24(28(23)31-27)29(32)30-17-16-19-8-4-3-5-9-19/h3-10,12-15,18,21-22,27,31H,11,16-17H2,1-2H3,(H,30,32). The Balaban J connectivity index is 1.42. The Morgan fingerprint density at radius 3 is 2.62 bits per heavy atom. The van der Waals surface area contributed by atoms with Crippen LogP contribution in [0, 0.1) is 5.92 Å². The van der Waals surface area contributed by atoms with E-state index in [-0.39, 0.29) is 17.9 Å². The SMILES string of the molecule is COc1ccc(C2Nc3c(C(=O)NCCc4ccccc4)cccc3C3C=CCC32)cc1OC. The lowest BCUT2D eigenvalue weighted by molar-refractivity contribution is 0.0954. The van der Waals surface area contributed by atoms with Gasteiger partial charge in [-0.2, -0.15) is 0 Å². The molecule has 5 nitrogen and oxygen atoms in total. The summed E-state index contributed by atoms with van der Waals surface area (Å²) in [5.74, 6) is 2.02. The molecular weight excluding hydrogens is 424 g/mol. The smallest absolute Gasteiger partial charge is 0.253 e. The molecule has 0 bridgehead atoms. The summed E-state index contributed by atoms with van der Waals surface area (Å²) in [7, 11) is 3.30. The van der Waals surface area contributed by atoms with Crippen molar-refractivity contribution in [2.75, 3.05) is 26.1 Å². The molecular formula is C29H30N2O3. The van der Waals surface area contributed by atoms with E-state index < -0.39 is 0 Å². The number of rotatable bonds is 7. The van der Waals surface area contributed by atoms with E-state index in [0.717, 1.165) is 24.1 Å². The molecule has 1 aliphatic carbocycles. The van der Waals surface area contributed by atoms with Gasteiger partial charge in [-0.3, -0.25) is 4.79 Å². The molecule has 34 heavy (non-hydrogen) atoms. The number of nitrogens with one attached hydrogen (secondary N) is 2. The maximum absolute atomic E-state index is 13.2. The lowest BCUT2D eigenvalue weighted by atomic mass is 9.76. The summed E-state index contributed by atoms with van der Waals surface area (Å²) >= 11 is 0. The highest BCUT2D eigenvalue weighted by Crippen LogP contribution is 2.51. The third kappa shape index (κ3) is 4.14. The number of benzene rings is 3. The molecule has 3 atom stereocenters. The molecule has 3 aromatic carbocycles. The molecule has 2 aliphatic rings. The van der Waals surface area contributed by atoms with Gasteiger partial charge in [-0.25, -0.2) is 0 Å². The molecule has 3 aromatic rings. The van der Waals surface area contributed by atoms with E-state index in [1.165, 1.54) is 11.1 Å². The zero-order valence-electron chi connectivity index (χ0n) is 19.6. The minimum absolute atomic E-state index is 0.0493. The third-order valence-corrected chi connectivity index (χ3v) is 6.95. The van der Waals surface area contributed by atoms with Crippen LogP contribution in [0.25, 0.3) is 0 Å². The first-order valence-electron chi connectivity index (χ1n) is 11.8. The van der Waals surface area contributed by atoms with Crippen LogP contribution in [-0.4, -0.2) is 26.7 Å². The molecule has 5 rings (SSSR count). The molecule has 0 spiro atoms. The van der Waals surface area contributed by atoms with Crippen LogP contribution in [0.15, 0.2) is 78.9 Å². The maximum Gasteiger partial charge on any atom is 0.253 e. The van der Waals surface area contributed by atoms with E-state index in [4.69, 9.17) is 9.47 Å². The van der Waals surface area contributed by atoms with E-state index in [1.807, 2.05) is 42.5 Å². The van der Waals surface area contributed by atoms with Crippen molar-refractivity contribution in [1.82, 2.24) is 5.32 Å². The van der Waals surface area contributed by atoms with E-state index in [2.05, 4.69) is 47.1 Å². The molecule has 0 fully saturated rings. The van der Waals surface area contributed by atoms with E-state index in [0.29, 0.717) is 29.5 Å². The zero-order chi connectivity index (χ0) is 23.5. The van der Waals surface area contributed by atoms with Crippen molar-refractivity contribution in [2.45, 2.75) is 24.8 Å². The van der Waals surface area contributed by atoms with E-state index in [9.17, 15) is 4.79 Å². The number of anilines is 1. The Morgan fingerprint density at radius 2 is 1.82 bits per heavy atom. The van der Waals surface area contributed by atoms with E-state index >= 15 is 0 Å². The van der Waals surface area contributed by atoms with Gasteiger partial charge in [-0.05, 0) is 53.6 Å². The fourth-order valence-electron chi connectivity index (χ4n) is 5.25. The molecule has 174 valence electrons. The third-order valence-electron chi connectivity index (χ3n) is 6.95. The van der Waals surface area contributed by atoms with Crippen molar-refractivity contribution in [1.29, 1.82) is 0 Å². The van der Waals surface area contributed by atoms with Gasteiger partial charge in [0, 0.05) is 12.5 Å². The molecule has 0 radical (unpaired) electrons. The van der Waals surface area contributed by atoms with Crippen molar-refractivity contribution in [3.05, 3.63) is 101 Å². The second-order valence-corrected chi connectivity index (χ2v) is 8.85. The zero-order valence-corrected chi connectivity index (χ0v) is 19.6. The van der Waals surface area contributed by atoms with Crippen LogP contribution < -0.4 is 20.1 Å². The van der Waals surface area contributed by atoms with Gasteiger partial charge in [0.2, 0.25) is 0 Å². The predicted octanol–water partition coefficient (Wildman–Crippen LogP) is 5.50. The van der Waals surface area contributed by atoms with Gasteiger partial charge in [0.1, 0.15) is 0 Å². The Labute approximate surface area is 200 Å². The van der Waals surface area contributed by atoms with Gasteiger partial charge < -0.3 is 20.1 Å². The quantitative estimate of drug-likeness (QED) is 0.463. The van der Waals surface area contributed by atoms with Crippen molar-refractivity contribution in [2.24, 2.45) is 5.92 Å². The van der Waals surface area contributed by atoms with Gasteiger partial charge in [0.05, 0.1) is 31.5 Å². The average molecular weight is 455 g/mol. The lowest BCUT2D eigenvalue weighted by Crippen LogP contribution is -2.32. The summed E-state index contributed by atoms with van der Waals surface area (Å²) in [6.07, 6.45) is 6.34. The summed E-state index contributed by atoms with van der Waals surface area (Å²) in [6, 6.07) is 22.4. The Kier molecular flexibility index (Phi) is 6.26. The van der Waals surface area contributed by atoms with Crippen molar-refractivity contribution < 1.29 is 14.3 Å². The number of methoxy groups -OCH3 is 2. The molecule has 1 amide bonds. The van der Waals surface area contributed by atoms with Crippen LogP contribution in [0.5, 0.6) is 11.5 Å². The average Bonchev–Trinajstić information content (AvgIpc) is 3.38. The largest absolute Gasteiger partial charge is 0.493 e. The van der Waals surface area contributed by atoms with Gasteiger partial charge in [0.25, 0.3) is 5.91 Å². The molecule has 0 aromatic heterocycles. The number of para-hydroxylation sites is 1. The van der Waals surface area contributed by atoms with Gasteiger partial charge >= 0.3 is 0 Å². The Hall–Kier alpha value is -3.73. The Morgan fingerprint density at radius 1 is 1.00 bits per heavy atom. The molecule has 0 saturated carbocycles. The fourth-order valence-corrected chi connectivity index (χ4v) is 5.25. The van der Waals surface area contributed by atoms with Crippen LogP contribution in [0.1, 0.15) is 45.4 Å². The van der Waals surface area contributed by atoms with Crippen LogP contribution in [0.3, 0.4) is 0 Å². The molecule has 1 aliphatic heterocycles. The van der Waals surface area contributed by atoms with Crippen LogP contribution in [0.2, 0.25) is 0 Å². The number of amides is 1. The summed E-state index contributed by atoms with van der Waals surface area (Å²) in [6.45, 7) is 0.595. The topological polar surface area (TPSA) is 59.6 Å². The number of hydrogen-bond donors (Lipinski definition) is 2. The highest BCUT2D eigenvalue weighted by molar-refractivity contribution is 6.00. The van der Waals surface area contributed by atoms with Gasteiger partial charge in [-0.15, -0.1) is 0 Å². The second-order valence-electron chi connectivity index (χ2n) is 8.85. The second kappa shape index (κ2) is 9.64. The van der Waals surface area contributed by atoms with Crippen molar-refractivity contribution in [3.8, 4) is 11.5 Å². The molecule has 3 unspecified atom stereocenters. The molecule has 0 saturated heterocycles. The first kappa shape index (κ1) is 22.1. The number of allylic oxidation sites excluding steroid dienone is 2. The first-order chi connectivity index (χ1) is 16.7. The van der Waals surface area contributed by atoms with Crippen LogP contribution in [0.4, 0.5) is 5.69 Å². The summed E-state index contributed by atoms with van der Waals surface area (Å²) in [4.78, 5) is 13.2. The lowest BCUT2D eigenvalue weighted by Gasteiger charge is -2.38. The molecule has 5 heteroatoms. The van der Waals surface area contributed by atoms with Crippen molar-refractivity contribution >= 4 is 11.6 Å². The number of ether oxygens (including phenoxy) is 2. The summed E-state index contributed by atoms with van der Waals surface area (Å²) in [5.41, 5.74) is 5.14. The number of hydrogen-bond acceptors (Lipinski definition) is 4. The maximum atomic E-state index is 13.2. The van der Waals surface area contributed by atoms with Crippen LogP contribution in [-0.2, 0) is 6.42 Å². The number of carbonyl (C=O) groups is 1. The number of fused-ring (bicyclic) bond motifs is 3. The molecule has 1 heterocycles. The van der Waals surface area contributed by atoms with Gasteiger partial charge in [-0.1, -0.05) is 60.7 Å². The summed E-state index contributed by atoms with van der Waals surface area (Å²) < 4.78 is 11.0. The molecule has 2 N–H and O–H groups in total.